The summed E-state index contributed by atoms with van der Waals surface area (Å²) in [4.78, 5) is 10.9. The zero-order valence-electron chi connectivity index (χ0n) is 12.7. The van der Waals surface area contributed by atoms with Crippen LogP contribution in [0.3, 0.4) is 0 Å². The average molecular weight is 337 g/mol. The Morgan fingerprint density at radius 3 is 1.29 bits per heavy atom. The summed E-state index contributed by atoms with van der Waals surface area (Å²) < 4.78 is 25.7. The van der Waals surface area contributed by atoms with Crippen molar-refractivity contribution >= 4 is 27.3 Å². The first-order valence-corrected chi connectivity index (χ1v) is 8.81. The molecule has 2 heterocycles. The summed E-state index contributed by atoms with van der Waals surface area (Å²) >= 11 is 0. The van der Waals surface area contributed by atoms with Crippen LogP contribution in [0.4, 0.5) is 0 Å². The summed E-state index contributed by atoms with van der Waals surface area (Å²) in [5.41, 5.74) is 1.94. The highest BCUT2D eigenvalue weighted by atomic mass is 32.2. The highest BCUT2D eigenvalue weighted by Gasteiger charge is 2.15. The largest absolute Gasteiger partial charge is 0.284 e. The van der Waals surface area contributed by atoms with E-state index in [1.807, 2.05) is 24.3 Å². The molecule has 0 aliphatic rings. The van der Waals surface area contributed by atoms with Crippen LogP contribution in [0.1, 0.15) is 0 Å². The van der Waals surface area contributed by atoms with Gasteiger partial charge in [-0.25, -0.2) is 8.42 Å². The van der Waals surface area contributed by atoms with Gasteiger partial charge in [0, 0.05) is 11.0 Å². The monoisotopic (exact) mass is 337 g/mol. The zero-order chi connectivity index (χ0) is 17.0. The molecule has 4 rings (SSSR count). The number of nitrogens with zero attached hydrogens (tertiary/aromatic N) is 1. The van der Waals surface area contributed by atoms with Crippen molar-refractivity contribution < 1.29 is 13.2 Å². The molecule has 0 saturated heterocycles. The highest BCUT2D eigenvalue weighted by molar-refractivity contribution is 7.91. The minimum Gasteiger partial charge on any atom is -0.284 e. The van der Waals surface area contributed by atoms with E-state index in [2.05, 4.69) is 0 Å². The quantitative estimate of drug-likeness (QED) is 0.536. The van der Waals surface area contributed by atoms with Crippen LogP contribution < -0.4 is 0 Å². The summed E-state index contributed by atoms with van der Waals surface area (Å²) in [5, 5.41) is 0. The second-order valence-electron chi connectivity index (χ2n) is 5.12. The van der Waals surface area contributed by atoms with Gasteiger partial charge >= 0.3 is 0 Å². The van der Waals surface area contributed by atoms with E-state index in [-0.39, 0.29) is 0 Å². The van der Waals surface area contributed by atoms with Gasteiger partial charge in [0.1, 0.15) is 0 Å². The molecule has 0 radical (unpaired) electrons. The van der Waals surface area contributed by atoms with Crippen molar-refractivity contribution in [2.24, 2.45) is 0 Å². The maximum Gasteiger partial charge on any atom is 0.218 e. The lowest BCUT2D eigenvalue weighted by atomic mass is 10.4. The molecular formula is C19H15NO3S. The molecule has 0 amide bonds. The predicted molar refractivity (Wildman–Crippen MR) is 93.6 cm³/mol. The van der Waals surface area contributed by atoms with Gasteiger partial charge in [-0.3, -0.25) is 9.36 Å². The molecular weight excluding hydrogens is 322 g/mol. The Morgan fingerprint density at radius 1 is 0.625 bits per heavy atom. The summed E-state index contributed by atoms with van der Waals surface area (Å²) in [7, 11) is -3.34. The van der Waals surface area contributed by atoms with Crippen LogP contribution in [0.15, 0.2) is 94.7 Å². The average Bonchev–Trinajstić information content (AvgIpc) is 3.23. The first-order chi connectivity index (χ1) is 11.6. The third-order valence-electron chi connectivity index (χ3n) is 3.62. The molecule has 0 saturated carbocycles. The fourth-order valence-electron chi connectivity index (χ4n) is 2.38. The van der Waals surface area contributed by atoms with Gasteiger partial charge in [0.15, 0.2) is 0 Å². The van der Waals surface area contributed by atoms with E-state index in [0.29, 0.717) is 9.79 Å². The molecule has 120 valence electrons. The smallest absolute Gasteiger partial charge is 0.218 e. The molecule has 0 N–H and O–H groups in total. The van der Waals surface area contributed by atoms with E-state index in [1.165, 1.54) is 0 Å². The molecule has 0 spiro atoms. The van der Waals surface area contributed by atoms with Crippen molar-refractivity contribution in [3.8, 4) is 0 Å². The Labute approximate surface area is 140 Å². The highest BCUT2D eigenvalue weighted by Crippen LogP contribution is 2.19. The molecule has 0 aliphatic heterocycles. The summed E-state index contributed by atoms with van der Waals surface area (Å²) in [6, 6.07) is 24.5. The number of fused-ring (bicyclic) bond motifs is 2. The summed E-state index contributed by atoms with van der Waals surface area (Å²) in [6.45, 7) is 0. The van der Waals surface area contributed by atoms with Gasteiger partial charge in [0.25, 0.3) is 0 Å². The molecule has 4 nitrogen and oxygen atoms in total. The lowest BCUT2D eigenvalue weighted by molar-refractivity contribution is 0.550. The topological polar surface area (TPSA) is 56.1 Å². The fraction of sp³-hybridized carbons (Fsp3) is 0. The summed E-state index contributed by atoms with van der Waals surface area (Å²) in [5.74, 6) is 0. The third-order valence-corrected chi connectivity index (χ3v) is 5.40. The molecule has 4 aromatic rings. The second-order valence-corrected chi connectivity index (χ2v) is 7.07. The molecule has 2 aromatic carbocycles. The molecule has 2 aromatic heterocycles. The van der Waals surface area contributed by atoms with Crippen molar-refractivity contribution in [1.29, 1.82) is 0 Å². The van der Waals surface area contributed by atoms with Crippen LogP contribution in [0, 0.1) is 0 Å². The van der Waals surface area contributed by atoms with Crippen molar-refractivity contribution in [2.75, 3.05) is 0 Å². The number of benzene rings is 3. The number of aromatic nitrogens is 1. The predicted octanol–water partition coefficient (Wildman–Crippen LogP) is 3.64. The normalized spacial score (nSPS) is 11.0. The van der Waals surface area contributed by atoms with Crippen LogP contribution in [0.5, 0.6) is 0 Å². The lowest BCUT2D eigenvalue weighted by Gasteiger charge is -2.03. The fourth-order valence-corrected chi connectivity index (χ4v) is 3.68. The SMILES string of the molecule is O=Cn1c2ccc1cc2.O=S(=O)(c1ccccc1)c1ccccc1. The van der Waals surface area contributed by atoms with Crippen molar-refractivity contribution in [1.82, 2.24) is 4.57 Å². The molecule has 2 bridgehead atoms. The van der Waals surface area contributed by atoms with E-state index in [9.17, 15) is 13.2 Å². The first-order valence-electron chi connectivity index (χ1n) is 7.33. The Bertz CT molecular complexity index is 929. The van der Waals surface area contributed by atoms with Crippen LogP contribution in [-0.4, -0.2) is 19.4 Å². The third kappa shape index (κ3) is 3.07. The molecule has 24 heavy (non-hydrogen) atoms. The summed E-state index contributed by atoms with van der Waals surface area (Å²) in [6.07, 6.45) is 0.824. The minimum absolute atomic E-state index is 0.330. The Kier molecular flexibility index (Phi) is 4.44. The molecule has 0 unspecified atom stereocenters. The molecule has 0 fully saturated rings. The van der Waals surface area contributed by atoms with Crippen molar-refractivity contribution in [2.45, 2.75) is 9.79 Å². The van der Waals surface area contributed by atoms with Gasteiger partial charge < -0.3 is 0 Å². The number of carbonyl (C=O) groups excluding carboxylic acids is 1. The number of hydrogen-bond donors (Lipinski definition) is 0. The van der Waals surface area contributed by atoms with Crippen LogP contribution in [-0.2, 0) is 14.6 Å². The van der Waals surface area contributed by atoms with Crippen molar-refractivity contribution in [3.63, 3.8) is 0 Å². The number of carbonyl (C=O) groups is 1. The first kappa shape index (κ1) is 16.0. The van der Waals surface area contributed by atoms with Gasteiger partial charge in [0.2, 0.25) is 16.2 Å². The van der Waals surface area contributed by atoms with Crippen LogP contribution in [0.2, 0.25) is 0 Å². The van der Waals surface area contributed by atoms with E-state index >= 15 is 0 Å². The van der Waals surface area contributed by atoms with Gasteiger partial charge in [-0.15, -0.1) is 0 Å². The van der Waals surface area contributed by atoms with Gasteiger partial charge in [0.05, 0.1) is 9.79 Å². The van der Waals surface area contributed by atoms with E-state index in [1.54, 1.807) is 65.2 Å². The maximum absolute atomic E-state index is 12.0. The lowest BCUT2D eigenvalue weighted by Crippen LogP contribution is -2.00. The van der Waals surface area contributed by atoms with Gasteiger partial charge in [-0.1, -0.05) is 36.4 Å². The maximum atomic E-state index is 12.0. The van der Waals surface area contributed by atoms with Crippen LogP contribution in [0.25, 0.3) is 11.0 Å². The Morgan fingerprint density at radius 2 is 1.00 bits per heavy atom. The van der Waals surface area contributed by atoms with Gasteiger partial charge in [-0.2, -0.15) is 0 Å². The van der Waals surface area contributed by atoms with E-state index < -0.39 is 9.84 Å². The zero-order valence-corrected chi connectivity index (χ0v) is 13.6. The number of hydrogen-bond acceptors (Lipinski definition) is 3. The minimum atomic E-state index is -3.34. The second kappa shape index (κ2) is 6.68. The van der Waals surface area contributed by atoms with E-state index in [0.717, 1.165) is 17.4 Å². The molecule has 0 aliphatic carbocycles. The van der Waals surface area contributed by atoms with E-state index in [4.69, 9.17) is 0 Å². The number of sulfone groups is 1. The molecule has 5 heteroatoms. The van der Waals surface area contributed by atoms with Gasteiger partial charge in [-0.05, 0) is 48.5 Å². The Balaban J connectivity index is 0.000000159. The molecule has 0 atom stereocenters. The number of rotatable bonds is 3. The standard InChI is InChI=1S/C12H10O2S.C7H5NO/c13-15(14,11-7-3-1-4-8-11)12-9-5-2-6-10-12;9-5-8-6-1-2-7(8)4-3-6/h1-10H;1-5H. The van der Waals surface area contributed by atoms with Crippen LogP contribution >= 0.6 is 0 Å². The Hall–Kier alpha value is -2.92. The van der Waals surface area contributed by atoms with Crippen molar-refractivity contribution in [3.05, 3.63) is 84.9 Å².